The summed E-state index contributed by atoms with van der Waals surface area (Å²) in [6, 6.07) is 4.98. The zero-order valence-corrected chi connectivity index (χ0v) is 13.7. The van der Waals surface area contributed by atoms with Crippen LogP contribution in [0.1, 0.15) is 5.56 Å². The van der Waals surface area contributed by atoms with E-state index >= 15 is 0 Å². The first-order valence-corrected chi connectivity index (χ1v) is 8.32. The Labute approximate surface area is 145 Å². The molecule has 126 valence electrons. The van der Waals surface area contributed by atoms with Gasteiger partial charge < -0.3 is 10.5 Å². The number of esters is 1. The predicted molar refractivity (Wildman–Crippen MR) is 86.8 cm³/mol. The van der Waals surface area contributed by atoms with Crippen molar-refractivity contribution in [2.45, 2.75) is 18.0 Å². The Morgan fingerprint density at radius 2 is 2.12 bits per heavy atom. The van der Waals surface area contributed by atoms with Crippen LogP contribution in [0.15, 0.2) is 35.0 Å². The van der Waals surface area contributed by atoms with Gasteiger partial charge in [0.05, 0.1) is 9.96 Å². The molecule has 2 N–H and O–H groups in total. The van der Waals surface area contributed by atoms with Crippen LogP contribution < -0.4 is 5.73 Å². The summed E-state index contributed by atoms with van der Waals surface area (Å²) < 4.78 is 5.18. The van der Waals surface area contributed by atoms with Crippen LogP contribution in [-0.2, 0) is 20.9 Å². The number of carbonyl (C=O) groups excluding carboxylic acids is 2. The molecule has 1 aromatic rings. The fraction of sp³-hybridized carbons (Fsp3) is 0.286. The summed E-state index contributed by atoms with van der Waals surface area (Å²) in [7, 11) is 0. The molecule has 2 aliphatic heterocycles. The number of amides is 1. The molecule has 2 atom stereocenters. The van der Waals surface area contributed by atoms with Crippen molar-refractivity contribution < 1.29 is 19.2 Å². The molecular weight excluding hydrogens is 358 g/mol. The largest absolute Gasteiger partial charge is 0.456 e. The topological polar surface area (TPSA) is 116 Å². The van der Waals surface area contributed by atoms with Crippen LogP contribution >= 0.6 is 23.4 Å². The third-order valence-corrected chi connectivity index (χ3v) is 5.45. The van der Waals surface area contributed by atoms with Crippen LogP contribution in [0.25, 0.3) is 0 Å². The summed E-state index contributed by atoms with van der Waals surface area (Å²) in [4.78, 5) is 35.5. The second-order valence-corrected chi connectivity index (χ2v) is 6.75. The number of hydrogen-bond donors (Lipinski definition) is 1. The molecule has 3 rings (SSSR count). The third kappa shape index (κ3) is 2.85. The van der Waals surface area contributed by atoms with Crippen molar-refractivity contribution in [3.8, 4) is 0 Å². The molecule has 2 aliphatic rings. The fourth-order valence-corrected chi connectivity index (χ4v) is 3.89. The summed E-state index contributed by atoms with van der Waals surface area (Å²) in [6.07, 6.45) is 0. The number of halogens is 1. The Morgan fingerprint density at radius 3 is 2.75 bits per heavy atom. The van der Waals surface area contributed by atoms with Crippen LogP contribution in [-0.4, -0.2) is 38.9 Å². The van der Waals surface area contributed by atoms with Crippen LogP contribution in [0.4, 0.5) is 5.69 Å². The van der Waals surface area contributed by atoms with E-state index in [-0.39, 0.29) is 34.3 Å². The number of non-ortho nitro benzene ring substituents is 1. The van der Waals surface area contributed by atoms with Crippen molar-refractivity contribution in [3.05, 3.63) is 50.7 Å². The van der Waals surface area contributed by atoms with Gasteiger partial charge in [0.15, 0.2) is 0 Å². The first kappa shape index (κ1) is 16.7. The molecule has 2 heterocycles. The molecule has 0 aromatic heterocycles. The van der Waals surface area contributed by atoms with Gasteiger partial charge in [-0.15, -0.1) is 11.8 Å². The van der Waals surface area contributed by atoms with Gasteiger partial charge in [-0.3, -0.25) is 19.8 Å². The molecule has 0 saturated carbocycles. The highest BCUT2D eigenvalue weighted by Crippen LogP contribution is 2.40. The highest BCUT2D eigenvalue weighted by atomic mass is 35.5. The number of thioether (sulfide) groups is 1. The van der Waals surface area contributed by atoms with Crippen molar-refractivity contribution in [3.63, 3.8) is 0 Å². The highest BCUT2D eigenvalue weighted by molar-refractivity contribution is 8.00. The number of nitrogens with two attached hydrogens (primary N) is 1. The Morgan fingerprint density at radius 1 is 1.46 bits per heavy atom. The Hall–Kier alpha value is -2.10. The molecule has 24 heavy (non-hydrogen) atoms. The maximum Gasteiger partial charge on any atom is 0.356 e. The lowest BCUT2D eigenvalue weighted by molar-refractivity contribution is -0.384. The molecule has 1 amide bonds. The summed E-state index contributed by atoms with van der Waals surface area (Å²) in [6.45, 7) is -0.0869. The van der Waals surface area contributed by atoms with Crippen LogP contribution in [0.3, 0.4) is 0 Å². The van der Waals surface area contributed by atoms with Gasteiger partial charge in [0.25, 0.3) is 5.69 Å². The number of rotatable bonds is 4. The highest BCUT2D eigenvalue weighted by Gasteiger charge is 2.52. The van der Waals surface area contributed by atoms with Crippen LogP contribution in [0, 0.1) is 10.1 Å². The lowest BCUT2D eigenvalue weighted by Crippen LogP contribution is -2.68. The minimum atomic E-state index is -0.719. The van der Waals surface area contributed by atoms with Gasteiger partial charge in [-0.05, 0) is 17.7 Å². The lowest BCUT2D eigenvalue weighted by atomic mass is 10.1. The standard InChI is InChI=1S/C14H12ClN3O5S/c15-9-6-24-13-10(16)12(19)17(13)11(9)14(20)23-5-7-1-3-8(4-2-7)18(21)22/h1-4,10,13H,5-6,16H2/t10?,13-/m1/s1. The predicted octanol–water partition coefficient (Wildman–Crippen LogP) is 1.33. The van der Waals surface area contributed by atoms with Crippen molar-refractivity contribution >= 4 is 40.9 Å². The average Bonchev–Trinajstić information content (AvgIpc) is 2.59. The number of β-lactam (4-membered cyclic amide) rings is 1. The first-order chi connectivity index (χ1) is 11.4. The number of nitro groups is 1. The summed E-state index contributed by atoms with van der Waals surface area (Å²) in [5.74, 6) is -0.706. The van der Waals surface area contributed by atoms with E-state index in [2.05, 4.69) is 0 Å². The molecule has 0 bridgehead atoms. The monoisotopic (exact) mass is 369 g/mol. The Kier molecular flexibility index (Phi) is 4.48. The zero-order valence-electron chi connectivity index (χ0n) is 12.2. The smallest absolute Gasteiger partial charge is 0.356 e. The quantitative estimate of drug-likeness (QED) is 0.368. The first-order valence-electron chi connectivity index (χ1n) is 6.89. The van der Waals surface area contributed by atoms with E-state index < -0.39 is 16.9 Å². The minimum Gasteiger partial charge on any atom is -0.456 e. The number of nitrogens with zero attached hydrogens (tertiary/aromatic N) is 2. The van der Waals surface area contributed by atoms with Gasteiger partial charge in [-0.2, -0.15) is 0 Å². The van der Waals surface area contributed by atoms with E-state index in [1.807, 2.05) is 0 Å². The lowest BCUT2D eigenvalue weighted by Gasteiger charge is -2.47. The van der Waals surface area contributed by atoms with Crippen molar-refractivity contribution in [1.29, 1.82) is 0 Å². The summed E-state index contributed by atoms with van der Waals surface area (Å²) in [5.41, 5.74) is 6.26. The summed E-state index contributed by atoms with van der Waals surface area (Å²) >= 11 is 7.46. The van der Waals surface area contributed by atoms with Crippen molar-refractivity contribution in [2.75, 3.05) is 5.75 Å². The van der Waals surface area contributed by atoms with Gasteiger partial charge >= 0.3 is 5.97 Å². The number of fused-ring (bicyclic) bond motifs is 1. The molecule has 1 fully saturated rings. The molecule has 0 spiro atoms. The van der Waals surface area contributed by atoms with Crippen molar-refractivity contribution in [1.82, 2.24) is 4.90 Å². The maximum atomic E-state index is 12.3. The van der Waals surface area contributed by atoms with E-state index in [4.69, 9.17) is 22.1 Å². The van der Waals surface area contributed by atoms with Gasteiger partial charge in [0.1, 0.15) is 23.7 Å². The van der Waals surface area contributed by atoms with Crippen molar-refractivity contribution in [2.24, 2.45) is 5.73 Å². The molecule has 0 aliphatic carbocycles. The SMILES string of the molecule is NC1C(=O)N2C(C(=O)OCc3ccc([N+](=O)[O-])cc3)=C(Cl)CS[C@H]12. The third-order valence-electron chi connectivity index (χ3n) is 3.67. The summed E-state index contributed by atoms with van der Waals surface area (Å²) in [5, 5.41) is 10.5. The Balaban J connectivity index is 1.68. The molecule has 0 radical (unpaired) electrons. The number of ether oxygens (including phenoxy) is 1. The van der Waals surface area contributed by atoms with E-state index in [9.17, 15) is 19.7 Å². The molecule has 10 heteroatoms. The molecule has 8 nitrogen and oxygen atoms in total. The van der Waals surface area contributed by atoms with E-state index in [1.54, 1.807) is 0 Å². The van der Waals surface area contributed by atoms with Crippen LogP contribution in [0.5, 0.6) is 0 Å². The number of carbonyl (C=O) groups is 2. The normalized spacial score (nSPS) is 22.8. The Bertz CT molecular complexity index is 751. The zero-order chi connectivity index (χ0) is 17.4. The second-order valence-electron chi connectivity index (χ2n) is 5.19. The van der Waals surface area contributed by atoms with E-state index in [1.165, 1.54) is 40.9 Å². The second kappa shape index (κ2) is 6.42. The molecule has 1 aromatic carbocycles. The maximum absolute atomic E-state index is 12.3. The molecule has 1 unspecified atom stereocenters. The van der Waals surface area contributed by atoms with E-state index in [0.29, 0.717) is 11.3 Å². The average molecular weight is 370 g/mol. The van der Waals surface area contributed by atoms with Gasteiger partial charge in [-0.1, -0.05) is 11.6 Å². The fourth-order valence-electron chi connectivity index (χ4n) is 2.40. The van der Waals surface area contributed by atoms with E-state index in [0.717, 1.165) is 0 Å². The van der Waals surface area contributed by atoms with Crippen LogP contribution in [0.2, 0.25) is 0 Å². The number of benzene rings is 1. The number of hydrogen-bond acceptors (Lipinski definition) is 7. The molecule has 1 saturated heterocycles. The van der Waals surface area contributed by atoms with Gasteiger partial charge in [-0.25, -0.2) is 4.79 Å². The van der Waals surface area contributed by atoms with Gasteiger partial charge in [0, 0.05) is 17.9 Å². The molecular formula is C14H12ClN3O5S. The minimum absolute atomic E-state index is 0.0222. The van der Waals surface area contributed by atoms with Gasteiger partial charge in [0.2, 0.25) is 5.91 Å². The number of nitro benzene ring substituents is 1.